The molecule has 2 fully saturated rings. The Bertz CT molecular complexity index is 606. The highest BCUT2D eigenvalue weighted by molar-refractivity contribution is 5.47. The van der Waals surface area contributed by atoms with Crippen LogP contribution < -0.4 is 14.2 Å². The average molecular weight is 314 g/mol. The summed E-state index contributed by atoms with van der Waals surface area (Å²) in [6.45, 7) is 2.61. The molecule has 5 heteroatoms. The molecule has 2 aromatic carbocycles. The van der Waals surface area contributed by atoms with Gasteiger partial charge in [-0.1, -0.05) is 24.3 Å². The van der Waals surface area contributed by atoms with E-state index in [1.807, 2.05) is 48.5 Å². The van der Waals surface area contributed by atoms with E-state index in [-0.39, 0.29) is 12.2 Å². The fourth-order valence-corrected chi connectivity index (χ4v) is 2.12. The van der Waals surface area contributed by atoms with Crippen LogP contribution in [-0.2, 0) is 9.47 Å². The van der Waals surface area contributed by atoms with Gasteiger partial charge in [-0.3, -0.25) is 0 Å². The van der Waals surface area contributed by atoms with Crippen LogP contribution in [0, 0.1) is 0 Å². The van der Waals surface area contributed by atoms with Crippen molar-refractivity contribution >= 4 is 0 Å². The van der Waals surface area contributed by atoms with Gasteiger partial charge >= 0.3 is 0 Å². The lowest BCUT2D eigenvalue weighted by atomic mass is 10.3. The van der Waals surface area contributed by atoms with E-state index in [9.17, 15) is 0 Å². The zero-order valence-corrected chi connectivity index (χ0v) is 12.6. The fraction of sp³-hybridized carbons (Fsp3) is 0.333. The van der Waals surface area contributed by atoms with E-state index in [0.29, 0.717) is 36.2 Å². The Morgan fingerprint density at radius 3 is 1.48 bits per heavy atom. The normalized spacial score (nSPS) is 21.6. The molecule has 0 bridgehead atoms. The summed E-state index contributed by atoms with van der Waals surface area (Å²) in [5.41, 5.74) is 0. The van der Waals surface area contributed by atoms with Gasteiger partial charge in [0.2, 0.25) is 0 Å². The van der Waals surface area contributed by atoms with Crippen LogP contribution in [0.3, 0.4) is 0 Å². The van der Waals surface area contributed by atoms with Crippen molar-refractivity contribution in [3.63, 3.8) is 0 Å². The van der Waals surface area contributed by atoms with Crippen molar-refractivity contribution in [3.05, 3.63) is 48.5 Å². The molecule has 0 saturated carbocycles. The lowest BCUT2D eigenvalue weighted by molar-refractivity contribution is 0.247. The highest BCUT2D eigenvalue weighted by atomic mass is 16.6. The minimum atomic E-state index is 0.206. The maximum Gasteiger partial charge on any atom is 0.169 e. The number of hydrogen-bond acceptors (Lipinski definition) is 5. The topological polar surface area (TPSA) is 52.8 Å². The summed E-state index contributed by atoms with van der Waals surface area (Å²) in [6.07, 6.45) is 0.412. The van der Waals surface area contributed by atoms with E-state index in [1.54, 1.807) is 0 Å². The van der Waals surface area contributed by atoms with Crippen LogP contribution in [0.15, 0.2) is 48.5 Å². The zero-order valence-electron chi connectivity index (χ0n) is 12.6. The molecule has 0 radical (unpaired) electrons. The van der Waals surface area contributed by atoms with E-state index in [0.717, 1.165) is 13.2 Å². The van der Waals surface area contributed by atoms with Gasteiger partial charge in [-0.25, -0.2) is 0 Å². The monoisotopic (exact) mass is 314 g/mol. The smallest absolute Gasteiger partial charge is 0.169 e. The lowest BCUT2D eigenvalue weighted by Gasteiger charge is -2.14. The molecule has 0 N–H and O–H groups in total. The molecule has 2 atom stereocenters. The van der Waals surface area contributed by atoms with E-state index in [1.165, 1.54) is 0 Å². The third kappa shape index (κ3) is 3.94. The molecule has 2 unspecified atom stereocenters. The molecule has 2 aliphatic heterocycles. The second kappa shape index (κ2) is 6.48. The van der Waals surface area contributed by atoms with Gasteiger partial charge in [0.15, 0.2) is 23.0 Å². The van der Waals surface area contributed by atoms with Crippen molar-refractivity contribution in [1.82, 2.24) is 0 Å². The van der Waals surface area contributed by atoms with Gasteiger partial charge in [-0.05, 0) is 24.3 Å². The van der Waals surface area contributed by atoms with E-state index < -0.39 is 0 Å². The van der Waals surface area contributed by atoms with Crippen LogP contribution in [0.1, 0.15) is 0 Å². The summed E-state index contributed by atoms with van der Waals surface area (Å²) in [5.74, 6) is 2.71. The molecule has 0 aliphatic carbocycles. The van der Waals surface area contributed by atoms with Gasteiger partial charge in [-0.15, -0.1) is 0 Å². The minimum Gasteiger partial charge on any atom is -0.487 e. The number of rotatable bonds is 8. The van der Waals surface area contributed by atoms with Gasteiger partial charge in [0, 0.05) is 0 Å². The van der Waals surface area contributed by atoms with Gasteiger partial charge < -0.3 is 23.7 Å². The molecule has 0 aromatic heterocycles. The van der Waals surface area contributed by atoms with E-state index in [4.69, 9.17) is 23.7 Å². The Morgan fingerprint density at radius 2 is 1.09 bits per heavy atom. The molecular weight excluding hydrogens is 296 g/mol. The number of epoxide rings is 2. The predicted molar refractivity (Wildman–Crippen MR) is 83.4 cm³/mol. The van der Waals surface area contributed by atoms with Crippen molar-refractivity contribution in [2.75, 3.05) is 26.4 Å². The Kier molecular flexibility index (Phi) is 4.05. The lowest BCUT2D eigenvalue weighted by Crippen LogP contribution is -2.06. The molecule has 2 saturated heterocycles. The van der Waals surface area contributed by atoms with Crippen molar-refractivity contribution in [2.24, 2.45) is 0 Å². The standard InChI is InChI=1S/C18H18O5/c1-3-7-17(15(5-1)21-11-13-9-19-13)23-18-8-4-2-6-16(18)22-12-14-10-20-14/h1-8,13-14H,9-12H2. The molecule has 2 heterocycles. The zero-order chi connectivity index (χ0) is 15.5. The predicted octanol–water partition coefficient (Wildman–Crippen LogP) is 3.03. The van der Waals surface area contributed by atoms with Gasteiger partial charge in [0.05, 0.1) is 13.2 Å². The molecule has 4 rings (SSSR count). The van der Waals surface area contributed by atoms with Gasteiger partial charge in [0.1, 0.15) is 25.4 Å². The summed E-state index contributed by atoms with van der Waals surface area (Å²) < 4.78 is 27.9. The summed E-state index contributed by atoms with van der Waals surface area (Å²) >= 11 is 0. The first-order valence-electron chi connectivity index (χ1n) is 7.73. The summed E-state index contributed by atoms with van der Waals surface area (Å²) in [4.78, 5) is 0. The second-order valence-electron chi connectivity index (χ2n) is 5.53. The first kappa shape index (κ1) is 14.4. The van der Waals surface area contributed by atoms with E-state index in [2.05, 4.69) is 0 Å². The Hall–Kier alpha value is -2.24. The SMILES string of the molecule is c1ccc(Oc2ccccc2OCC2CO2)c(OCC2CO2)c1. The molecule has 2 aliphatic rings. The number of benzene rings is 2. The molecule has 2 aromatic rings. The third-order valence-corrected chi connectivity index (χ3v) is 3.57. The maximum absolute atomic E-state index is 6.01. The number of para-hydroxylation sites is 4. The fourth-order valence-electron chi connectivity index (χ4n) is 2.12. The van der Waals surface area contributed by atoms with Crippen LogP contribution in [0.2, 0.25) is 0 Å². The average Bonchev–Trinajstić information content (AvgIpc) is 3.48. The first-order valence-corrected chi connectivity index (χ1v) is 7.73. The van der Waals surface area contributed by atoms with Crippen molar-refractivity contribution in [3.8, 4) is 23.0 Å². The minimum absolute atomic E-state index is 0.206. The molecule has 0 spiro atoms. The molecule has 23 heavy (non-hydrogen) atoms. The summed E-state index contributed by atoms with van der Waals surface area (Å²) in [5, 5.41) is 0. The van der Waals surface area contributed by atoms with Crippen LogP contribution in [0.25, 0.3) is 0 Å². The Morgan fingerprint density at radius 1 is 0.696 bits per heavy atom. The summed E-state index contributed by atoms with van der Waals surface area (Å²) in [6, 6.07) is 15.2. The maximum atomic E-state index is 6.01. The van der Waals surface area contributed by atoms with Gasteiger partial charge in [-0.2, -0.15) is 0 Å². The highest BCUT2D eigenvalue weighted by Gasteiger charge is 2.25. The van der Waals surface area contributed by atoms with Gasteiger partial charge in [0.25, 0.3) is 0 Å². The molecule has 5 nitrogen and oxygen atoms in total. The molecule has 0 amide bonds. The third-order valence-electron chi connectivity index (χ3n) is 3.57. The molecule has 120 valence electrons. The quantitative estimate of drug-likeness (QED) is 0.701. The summed E-state index contributed by atoms with van der Waals surface area (Å²) in [7, 11) is 0. The number of hydrogen-bond donors (Lipinski definition) is 0. The van der Waals surface area contributed by atoms with Crippen molar-refractivity contribution in [2.45, 2.75) is 12.2 Å². The van der Waals surface area contributed by atoms with Crippen LogP contribution >= 0.6 is 0 Å². The highest BCUT2D eigenvalue weighted by Crippen LogP contribution is 2.36. The van der Waals surface area contributed by atoms with E-state index >= 15 is 0 Å². The Labute approximate surface area is 134 Å². The van der Waals surface area contributed by atoms with Crippen molar-refractivity contribution in [1.29, 1.82) is 0 Å². The van der Waals surface area contributed by atoms with Crippen LogP contribution in [0.4, 0.5) is 0 Å². The number of ether oxygens (including phenoxy) is 5. The van der Waals surface area contributed by atoms with Crippen LogP contribution in [0.5, 0.6) is 23.0 Å². The van der Waals surface area contributed by atoms with Crippen molar-refractivity contribution < 1.29 is 23.7 Å². The second-order valence-corrected chi connectivity index (χ2v) is 5.53. The van der Waals surface area contributed by atoms with Crippen LogP contribution in [-0.4, -0.2) is 38.6 Å². The molecular formula is C18H18O5. The largest absolute Gasteiger partial charge is 0.487 e. The first-order chi connectivity index (χ1) is 11.4. The Balaban J connectivity index is 1.48.